The van der Waals surface area contributed by atoms with E-state index in [1.54, 1.807) is 12.1 Å². The molecule has 0 aromatic heterocycles. The van der Waals surface area contributed by atoms with E-state index in [4.69, 9.17) is 0 Å². The largest absolute Gasteiger partial charge is 0.268 e. The van der Waals surface area contributed by atoms with Gasteiger partial charge in [-0.25, -0.2) is 4.90 Å². The standard InChI is InChI=1S/C21H17NO2/c1-13(2)14-9-11-16(12-10-14)22-20(23)17-7-3-5-15-6-4-8-18(19(15)17)21(22)24/h3-13H,1-2H3. The van der Waals surface area contributed by atoms with E-state index < -0.39 is 0 Å². The van der Waals surface area contributed by atoms with Gasteiger partial charge in [-0.3, -0.25) is 9.59 Å². The molecule has 3 nitrogen and oxygen atoms in total. The van der Waals surface area contributed by atoms with Crippen LogP contribution in [0.3, 0.4) is 0 Å². The third kappa shape index (κ3) is 2.05. The minimum absolute atomic E-state index is 0.262. The minimum atomic E-state index is -0.262. The molecule has 0 N–H and O–H groups in total. The van der Waals surface area contributed by atoms with Crippen LogP contribution in [-0.4, -0.2) is 11.8 Å². The van der Waals surface area contributed by atoms with Gasteiger partial charge in [-0.1, -0.05) is 50.2 Å². The van der Waals surface area contributed by atoms with Crippen molar-refractivity contribution in [1.82, 2.24) is 0 Å². The average Bonchev–Trinajstić information content (AvgIpc) is 2.60. The predicted molar refractivity (Wildman–Crippen MR) is 95.6 cm³/mol. The van der Waals surface area contributed by atoms with Gasteiger partial charge >= 0.3 is 0 Å². The van der Waals surface area contributed by atoms with E-state index in [1.165, 1.54) is 10.5 Å². The summed E-state index contributed by atoms with van der Waals surface area (Å²) in [7, 11) is 0. The lowest BCUT2D eigenvalue weighted by molar-refractivity contribution is 0.0893. The van der Waals surface area contributed by atoms with Crippen LogP contribution in [0.1, 0.15) is 46.0 Å². The Balaban J connectivity index is 1.88. The van der Waals surface area contributed by atoms with Gasteiger partial charge in [-0.2, -0.15) is 0 Å². The minimum Gasteiger partial charge on any atom is -0.268 e. The van der Waals surface area contributed by atoms with E-state index in [0.717, 1.165) is 10.8 Å². The van der Waals surface area contributed by atoms with Crippen LogP contribution in [0.5, 0.6) is 0 Å². The first-order chi connectivity index (χ1) is 11.6. The summed E-state index contributed by atoms with van der Waals surface area (Å²) in [6.45, 7) is 4.23. The van der Waals surface area contributed by atoms with E-state index in [0.29, 0.717) is 22.7 Å². The van der Waals surface area contributed by atoms with Gasteiger partial charge in [0, 0.05) is 16.5 Å². The third-order valence-corrected chi connectivity index (χ3v) is 4.59. The second-order valence-electron chi connectivity index (χ2n) is 6.40. The zero-order chi connectivity index (χ0) is 16.8. The Kier molecular flexibility index (Phi) is 3.24. The van der Waals surface area contributed by atoms with Crippen LogP contribution in [0.2, 0.25) is 0 Å². The first-order valence-corrected chi connectivity index (χ1v) is 8.08. The molecule has 118 valence electrons. The van der Waals surface area contributed by atoms with E-state index in [-0.39, 0.29) is 11.8 Å². The highest BCUT2D eigenvalue weighted by Crippen LogP contribution is 2.33. The van der Waals surface area contributed by atoms with Gasteiger partial charge in [0.1, 0.15) is 0 Å². The van der Waals surface area contributed by atoms with Crippen molar-refractivity contribution < 1.29 is 9.59 Å². The Bertz CT molecular complexity index is 920. The number of rotatable bonds is 2. The number of anilines is 1. The molecule has 4 rings (SSSR count). The molecule has 0 radical (unpaired) electrons. The number of carbonyl (C=O) groups is 2. The van der Waals surface area contributed by atoms with Crippen LogP contribution < -0.4 is 4.90 Å². The molecular formula is C21H17NO2. The molecule has 0 fully saturated rings. The average molecular weight is 315 g/mol. The molecule has 24 heavy (non-hydrogen) atoms. The van der Waals surface area contributed by atoms with Crippen LogP contribution in [0.25, 0.3) is 10.8 Å². The summed E-state index contributed by atoms with van der Waals surface area (Å²) in [6, 6.07) is 18.8. The number of nitrogens with zero attached hydrogens (tertiary/aromatic N) is 1. The van der Waals surface area contributed by atoms with Gasteiger partial charge in [0.15, 0.2) is 0 Å². The Morgan fingerprint density at radius 1 is 0.750 bits per heavy atom. The van der Waals surface area contributed by atoms with Crippen molar-refractivity contribution in [2.45, 2.75) is 19.8 Å². The number of amides is 2. The molecule has 0 saturated heterocycles. The van der Waals surface area contributed by atoms with Gasteiger partial charge in [0.05, 0.1) is 5.69 Å². The van der Waals surface area contributed by atoms with Crippen LogP contribution in [0, 0.1) is 0 Å². The molecule has 1 aliphatic heterocycles. The maximum absolute atomic E-state index is 12.9. The molecule has 0 spiro atoms. The lowest BCUT2D eigenvalue weighted by atomic mass is 9.93. The van der Waals surface area contributed by atoms with Crippen molar-refractivity contribution >= 4 is 28.3 Å². The van der Waals surface area contributed by atoms with Gasteiger partial charge in [-0.15, -0.1) is 0 Å². The molecule has 0 atom stereocenters. The monoisotopic (exact) mass is 315 g/mol. The zero-order valence-electron chi connectivity index (χ0n) is 13.6. The molecular weight excluding hydrogens is 298 g/mol. The van der Waals surface area contributed by atoms with Gasteiger partial charge in [0.2, 0.25) is 0 Å². The number of benzene rings is 3. The van der Waals surface area contributed by atoms with E-state index in [1.807, 2.05) is 48.5 Å². The van der Waals surface area contributed by atoms with Crippen molar-refractivity contribution in [3.8, 4) is 0 Å². The topological polar surface area (TPSA) is 37.4 Å². The summed E-state index contributed by atoms with van der Waals surface area (Å²) >= 11 is 0. The smallest absolute Gasteiger partial charge is 0.265 e. The fraction of sp³-hybridized carbons (Fsp3) is 0.143. The maximum atomic E-state index is 12.9. The highest BCUT2D eigenvalue weighted by atomic mass is 16.2. The van der Waals surface area contributed by atoms with Crippen molar-refractivity contribution in [2.24, 2.45) is 0 Å². The summed E-state index contributed by atoms with van der Waals surface area (Å²) in [6.07, 6.45) is 0. The van der Waals surface area contributed by atoms with Crippen molar-refractivity contribution in [3.05, 3.63) is 77.4 Å². The maximum Gasteiger partial charge on any atom is 0.265 e. The Hall–Kier alpha value is -2.94. The van der Waals surface area contributed by atoms with Gasteiger partial charge in [0.25, 0.3) is 11.8 Å². The van der Waals surface area contributed by atoms with E-state index >= 15 is 0 Å². The summed E-state index contributed by atoms with van der Waals surface area (Å²) in [5, 5.41) is 1.67. The van der Waals surface area contributed by atoms with Gasteiger partial charge < -0.3 is 0 Å². The molecule has 0 unspecified atom stereocenters. The van der Waals surface area contributed by atoms with Crippen LogP contribution >= 0.6 is 0 Å². The number of hydrogen-bond acceptors (Lipinski definition) is 2. The molecule has 3 heteroatoms. The van der Waals surface area contributed by atoms with Crippen molar-refractivity contribution in [3.63, 3.8) is 0 Å². The fourth-order valence-electron chi connectivity index (χ4n) is 3.27. The van der Waals surface area contributed by atoms with Crippen molar-refractivity contribution in [1.29, 1.82) is 0 Å². The van der Waals surface area contributed by atoms with Crippen molar-refractivity contribution in [2.75, 3.05) is 4.90 Å². The summed E-state index contributed by atoms with van der Waals surface area (Å²) < 4.78 is 0. The Labute approximate surface area is 140 Å². The molecule has 0 bridgehead atoms. The molecule has 0 saturated carbocycles. The lowest BCUT2D eigenvalue weighted by Gasteiger charge is -2.27. The fourth-order valence-corrected chi connectivity index (χ4v) is 3.27. The first-order valence-electron chi connectivity index (χ1n) is 8.08. The van der Waals surface area contributed by atoms with Crippen LogP contribution in [-0.2, 0) is 0 Å². The highest BCUT2D eigenvalue weighted by molar-refractivity contribution is 6.35. The van der Waals surface area contributed by atoms with Crippen LogP contribution in [0.4, 0.5) is 5.69 Å². The van der Waals surface area contributed by atoms with Gasteiger partial charge in [-0.05, 0) is 41.1 Å². The highest BCUT2D eigenvalue weighted by Gasteiger charge is 2.33. The molecule has 3 aromatic rings. The Morgan fingerprint density at radius 2 is 1.29 bits per heavy atom. The SMILES string of the molecule is CC(C)c1ccc(N2C(=O)c3cccc4cccc(c34)C2=O)cc1. The second-order valence-corrected chi connectivity index (χ2v) is 6.40. The Morgan fingerprint density at radius 3 is 1.79 bits per heavy atom. The molecule has 1 aliphatic rings. The molecule has 0 aliphatic carbocycles. The summed E-state index contributed by atoms with van der Waals surface area (Å²) in [5.41, 5.74) is 2.95. The van der Waals surface area contributed by atoms with E-state index in [9.17, 15) is 9.59 Å². The first kappa shape index (κ1) is 14.6. The predicted octanol–water partition coefficient (Wildman–Crippen LogP) is 4.76. The molecule has 3 aromatic carbocycles. The second kappa shape index (κ2) is 5.31. The zero-order valence-corrected chi connectivity index (χ0v) is 13.6. The normalized spacial score (nSPS) is 13.9. The summed E-state index contributed by atoms with van der Waals surface area (Å²) in [5.74, 6) is -0.121. The number of carbonyl (C=O) groups excluding carboxylic acids is 2. The molecule has 2 amide bonds. The summed E-state index contributed by atoms with van der Waals surface area (Å²) in [4.78, 5) is 27.2. The quantitative estimate of drug-likeness (QED) is 0.639. The number of imide groups is 1. The van der Waals surface area contributed by atoms with E-state index in [2.05, 4.69) is 13.8 Å². The van der Waals surface area contributed by atoms with Crippen LogP contribution in [0.15, 0.2) is 60.7 Å². The lowest BCUT2D eigenvalue weighted by Crippen LogP contribution is -2.40. The number of hydrogen-bond donors (Lipinski definition) is 0. The molecule has 1 heterocycles. The third-order valence-electron chi connectivity index (χ3n) is 4.59.